The average molecular weight is 167 g/mol. The Morgan fingerprint density at radius 1 is 1.50 bits per heavy atom. The number of nitrogens with one attached hydrogen (secondary N) is 1. The van der Waals surface area contributed by atoms with Crippen LogP contribution in [0, 0.1) is 0 Å². The highest BCUT2D eigenvalue weighted by atomic mass is 32.2. The molecule has 0 saturated heterocycles. The van der Waals surface area contributed by atoms with Crippen LogP contribution < -0.4 is 4.72 Å². The number of rotatable bonds is 5. The second-order valence-corrected chi connectivity index (χ2v) is 2.92. The molecule has 0 aliphatic heterocycles. The van der Waals surface area contributed by atoms with E-state index in [2.05, 4.69) is 0 Å². The van der Waals surface area contributed by atoms with Gasteiger partial charge in [-0.2, -0.15) is 13.1 Å². The van der Waals surface area contributed by atoms with Gasteiger partial charge in [-0.25, -0.2) is 0 Å². The molecule has 6 heteroatoms. The molecular weight excluding hydrogens is 158 g/mol. The van der Waals surface area contributed by atoms with Gasteiger partial charge in [0.1, 0.15) is 6.29 Å². The third-order valence-electron chi connectivity index (χ3n) is 0.783. The molecule has 0 aromatic carbocycles. The topological polar surface area (TPSA) is 83.5 Å². The van der Waals surface area contributed by atoms with E-state index in [4.69, 9.17) is 4.55 Å². The van der Waals surface area contributed by atoms with E-state index in [0.29, 0.717) is 19.1 Å². The lowest BCUT2D eigenvalue weighted by Crippen LogP contribution is -2.23. The molecule has 0 radical (unpaired) electrons. The van der Waals surface area contributed by atoms with Crippen molar-refractivity contribution in [3.8, 4) is 0 Å². The standard InChI is InChI=1S/C4H9NO4S/c6-4-2-1-3-5-10(7,8)9/h4-5H,1-3H2,(H,7,8,9). The zero-order valence-corrected chi connectivity index (χ0v) is 6.10. The molecule has 0 aromatic heterocycles. The molecule has 0 rings (SSSR count). The number of hydrogen-bond donors (Lipinski definition) is 2. The number of carbonyl (C=O) groups excluding carboxylic acids is 1. The number of aldehydes is 1. The van der Waals surface area contributed by atoms with Crippen molar-refractivity contribution in [1.82, 2.24) is 4.72 Å². The minimum absolute atomic E-state index is 0.0948. The summed E-state index contributed by atoms with van der Waals surface area (Å²) < 4.78 is 29.8. The average Bonchev–Trinajstić information content (AvgIpc) is 1.78. The Labute approximate surface area is 59.3 Å². The minimum atomic E-state index is -4.07. The highest BCUT2D eigenvalue weighted by molar-refractivity contribution is 7.83. The molecule has 0 aliphatic carbocycles. The van der Waals surface area contributed by atoms with Gasteiger partial charge in [0.2, 0.25) is 0 Å². The number of hydrogen-bond acceptors (Lipinski definition) is 3. The summed E-state index contributed by atoms with van der Waals surface area (Å²) >= 11 is 0. The van der Waals surface area contributed by atoms with Crippen molar-refractivity contribution in [3.05, 3.63) is 0 Å². The molecule has 0 spiro atoms. The van der Waals surface area contributed by atoms with Crippen LogP contribution in [0.5, 0.6) is 0 Å². The third kappa shape index (κ3) is 7.54. The van der Waals surface area contributed by atoms with Crippen molar-refractivity contribution in [2.45, 2.75) is 12.8 Å². The SMILES string of the molecule is O=CCCCNS(=O)(=O)O. The highest BCUT2D eigenvalue weighted by Gasteiger charge is 1.99. The van der Waals surface area contributed by atoms with Crippen LogP contribution in [-0.2, 0) is 15.1 Å². The van der Waals surface area contributed by atoms with E-state index in [9.17, 15) is 13.2 Å². The van der Waals surface area contributed by atoms with E-state index in [0.717, 1.165) is 0 Å². The number of carbonyl (C=O) groups is 1. The van der Waals surface area contributed by atoms with E-state index in [-0.39, 0.29) is 6.54 Å². The van der Waals surface area contributed by atoms with Gasteiger partial charge in [0, 0.05) is 13.0 Å². The van der Waals surface area contributed by atoms with Gasteiger partial charge in [-0.15, -0.1) is 0 Å². The molecule has 0 unspecified atom stereocenters. The van der Waals surface area contributed by atoms with Crippen LogP contribution in [0.15, 0.2) is 0 Å². The van der Waals surface area contributed by atoms with Crippen LogP contribution in [0.4, 0.5) is 0 Å². The summed E-state index contributed by atoms with van der Waals surface area (Å²) in [5.74, 6) is 0. The van der Waals surface area contributed by atoms with Crippen molar-refractivity contribution in [1.29, 1.82) is 0 Å². The van der Waals surface area contributed by atoms with Gasteiger partial charge in [0.25, 0.3) is 0 Å². The van der Waals surface area contributed by atoms with Crippen molar-refractivity contribution in [3.63, 3.8) is 0 Å². The molecule has 5 nitrogen and oxygen atoms in total. The van der Waals surface area contributed by atoms with Gasteiger partial charge in [-0.05, 0) is 6.42 Å². The second kappa shape index (κ2) is 4.37. The van der Waals surface area contributed by atoms with Gasteiger partial charge in [-0.1, -0.05) is 0 Å². The molecule has 0 saturated carbocycles. The van der Waals surface area contributed by atoms with E-state index >= 15 is 0 Å². The molecule has 2 N–H and O–H groups in total. The first-order valence-electron chi connectivity index (χ1n) is 2.72. The zero-order chi connectivity index (χ0) is 8.04. The van der Waals surface area contributed by atoms with Crippen LogP contribution in [0.1, 0.15) is 12.8 Å². The Morgan fingerprint density at radius 2 is 2.10 bits per heavy atom. The first-order valence-corrected chi connectivity index (χ1v) is 4.16. The largest absolute Gasteiger partial charge is 0.333 e. The van der Waals surface area contributed by atoms with Crippen LogP contribution in [-0.4, -0.2) is 25.8 Å². The van der Waals surface area contributed by atoms with Gasteiger partial charge in [0.15, 0.2) is 0 Å². The lowest BCUT2D eigenvalue weighted by atomic mass is 10.3. The first-order chi connectivity index (χ1) is 4.56. The van der Waals surface area contributed by atoms with Crippen LogP contribution in [0.2, 0.25) is 0 Å². The van der Waals surface area contributed by atoms with E-state index in [1.54, 1.807) is 0 Å². The molecule has 0 aliphatic rings. The summed E-state index contributed by atoms with van der Waals surface area (Å²) in [4.78, 5) is 9.69. The molecule has 0 heterocycles. The minimum Gasteiger partial charge on any atom is -0.303 e. The summed E-state index contributed by atoms with van der Waals surface area (Å²) in [6.07, 6.45) is 1.39. The van der Waals surface area contributed by atoms with Gasteiger partial charge >= 0.3 is 10.3 Å². The van der Waals surface area contributed by atoms with Crippen LogP contribution in [0.25, 0.3) is 0 Å². The first kappa shape index (κ1) is 9.54. The molecule has 0 amide bonds. The van der Waals surface area contributed by atoms with Gasteiger partial charge < -0.3 is 4.79 Å². The lowest BCUT2D eigenvalue weighted by Gasteiger charge is -1.95. The maximum Gasteiger partial charge on any atom is 0.333 e. The maximum absolute atomic E-state index is 9.95. The fourth-order valence-electron chi connectivity index (χ4n) is 0.387. The Kier molecular flexibility index (Phi) is 4.17. The molecule has 0 atom stereocenters. The van der Waals surface area contributed by atoms with E-state index in [1.165, 1.54) is 0 Å². The number of unbranched alkanes of at least 4 members (excludes halogenated alkanes) is 1. The van der Waals surface area contributed by atoms with E-state index in [1.807, 2.05) is 4.72 Å². The lowest BCUT2D eigenvalue weighted by molar-refractivity contribution is -0.107. The maximum atomic E-state index is 9.95. The zero-order valence-electron chi connectivity index (χ0n) is 5.28. The summed E-state index contributed by atoms with van der Waals surface area (Å²) in [6, 6.07) is 0. The Balaban J connectivity index is 3.29. The monoisotopic (exact) mass is 167 g/mol. The predicted octanol–water partition coefficient (Wildman–Crippen LogP) is -0.642. The molecule has 0 fully saturated rings. The van der Waals surface area contributed by atoms with Crippen molar-refractivity contribution >= 4 is 16.6 Å². The summed E-state index contributed by atoms with van der Waals surface area (Å²) in [5.41, 5.74) is 0. The Morgan fingerprint density at radius 3 is 2.50 bits per heavy atom. The molecule has 0 bridgehead atoms. The third-order valence-corrected chi connectivity index (χ3v) is 1.35. The second-order valence-electron chi connectivity index (χ2n) is 1.68. The molecule has 10 heavy (non-hydrogen) atoms. The van der Waals surface area contributed by atoms with Crippen LogP contribution >= 0.6 is 0 Å². The van der Waals surface area contributed by atoms with Crippen molar-refractivity contribution in [2.24, 2.45) is 0 Å². The van der Waals surface area contributed by atoms with Gasteiger partial charge in [0.05, 0.1) is 0 Å². The Bertz CT molecular complexity index is 185. The van der Waals surface area contributed by atoms with Gasteiger partial charge in [-0.3, -0.25) is 4.55 Å². The summed E-state index contributed by atoms with van der Waals surface area (Å²) in [5, 5.41) is 0. The highest BCUT2D eigenvalue weighted by Crippen LogP contribution is 1.82. The molecular formula is C4H9NO4S. The fourth-order valence-corrected chi connectivity index (χ4v) is 0.789. The van der Waals surface area contributed by atoms with E-state index < -0.39 is 10.3 Å². The van der Waals surface area contributed by atoms with Crippen molar-refractivity contribution < 1.29 is 17.8 Å². The molecule has 0 aromatic rings. The summed E-state index contributed by atoms with van der Waals surface area (Å²) in [6.45, 7) is 0.0948. The van der Waals surface area contributed by atoms with Crippen LogP contribution in [0.3, 0.4) is 0 Å². The summed E-state index contributed by atoms with van der Waals surface area (Å²) in [7, 11) is -4.07. The fraction of sp³-hybridized carbons (Fsp3) is 0.750. The molecule has 60 valence electrons. The normalized spacial score (nSPS) is 11.3. The predicted molar refractivity (Wildman–Crippen MR) is 34.8 cm³/mol. The Hall–Kier alpha value is -0.460. The quantitative estimate of drug-likeness (QED) is 0.324. The smallest absolute Gasteiger partial charge is 0.303 e. The van der Waals surface area contributed by atoms with Crippen molar-refractivity contribution in [2.75, 3.05) is 6.54 Å².